The Balaban J connectivity index is 1.50. The maximum Gasteiger partial charge on any atom is 0.387 e. The third-order valence-electron chi connectivity index (χ3n) is 3.84. The molecule has 1 heterocycles. The van der Waals surface area contributed by atoms with Crippen LogP contribution in [0.25, 0.3) is 5.69 Å². The van der Waals surface area contributed by atoms with Gasteiger partial charge in [-0.1, -0.05) is 47.6 Å². The standard InChI is InChI=1S/C19H17ClF2N4O2S/c20-14-5-3-6-15(10-14)26-12-24-25-19(26)29-11-17(27)23-9-8-13-4-1-2-7-16(13)28-18(21)22/h1-7,10,12,18H,8-9,11H2,(H,23,27). The summed E-state index contributed by atoms with van der Waals surface area (Å²) in [5.41, 5.74) is 1.39. The van der Waals surface area contributed by atoms with Gasteiger partial charge >= 0.3 is 6.61 Å². The molecule has 29 heavy (non-hydrogen) atoms. The van der Waals surface area contributed by atoms with Crippen LogP contribution in [-0.2, 0) is 11.2 Å². The highest BCUT2D eigenvalue weighted by Gasteiger charge is 2.12. The molecule has 0 unspecified atom stereocenters. The van der Waals surface area contributed by atoms with Gasteiger partial charge in [-0.3, -0.25) is 9.36 Å². The van der Waals surface area contributed by atoms with Crippen LogP contribution in [0, 0.1) is 0 Å². The van der Waals surface area contributed by atoms with Crippen molar-refractivity contribution in [3.05, 3.63) is 65.4 Å². The number of ether oxygens (including phenoxy) is 1. The van der Waals surface area contributed by atoms with E-state index in [-0.39, 0.29) is 17.4 Å². The molecule has 0 radical (unpaired) electrons. The zero-order valence-corrected chi connectivity index (χ0v) is 16.7. The number of halogens is 3. The summed E-state index contributed by atoms with van der Waals surface area (Å²) < 4.78 is 31.1. The van der Waals surface area contributed by atoms with E-state index in [2.05, 4.69) is 20.3 Å². The van der Waals surface area contributed by atoms with Crippen LogP contribution in [0.4, 0.5) is 8.78 Å². The van der Waals surface area contributed by atoms with Gasteiger partial charge in [0, 0.05) is 11.6 Å². The second-order valence-corrected chi connectivity index (χ2v) is 7.22. The quantitative estimate of drug-likeness (QED) is 0.512. The number of hydrogen-bond acceptors (Lipinski definition) is 5. The molecule has 152 valence electrons. The van der Waals surface area contributed by atoms with E-state index in [1.54, 1.807) is 41.2 Å². The van der Waals surface area contributed by atoms with E-state index >= 15 is 0 Å². The lowest BCUT2D eigenvalue weighted by atomic mass is 10.1. The van der Waals surface area contributed by atoms with Gasteiger partial charge in [0.15, 0.2) is 5.16 Å². The van der Waals surface area contributed by atoms with Crippen LogP contribution >= 0.6 is 23.4 Å². The molecule has 0 fully saturated rings. The Bertz CT molecular complexity index is 971. The largest absolute Gasteiger partial charge is 0.435 e. The van der Waals surface area contributed by atoms with Crippen LogP contribution in [0.3, 0.4) is 0 Å². The van der Waals surface area contributed by atoms with E-state index in [1.807, 2.05) is 12.1 Å². The summed E-state index contributed by atoms with van der Waals surface area (Å²) in [6.07, 6.45) is 1.92. The van der Waals surface area contributed by atoms with Crippen molar-refractivity contribution in [2.24, 2.45) is 0 Å². The van der Waals surface area contributed by atoms with Crippen LogP contribution in [0.5, 0.6) is 5.75 Å². The number of thioether (sulfide) groups is 1. The fourth-order valence-corrected chi connectivity index (χ4v) is 3.51. The smallest absolute Gasteiger partial charge is 0.387 e. The van der Waals surface area contributed by atoms with Crippen molar-refractivity contribution in [2.45, 2.75) is 18.2 Å². The van der Waals surface area contributed by atoms with E-state index in [0.717, 1.165) is 5.69 Å². The molecular formula is C19H17ClF2N4O2S. The van der Waals surface area contributed by atoms with E-state index in [1.165, 1.54) is 17.8 Å². The Morgan fingerprint density at radius 2 is 2.07 bits per heavy atom. The van der Waals surface area contributed by atoms with Gasteiger partial charge in [0.05, 0.1) is 11.4 Å². The number of nitrogens with zero attached hydrogens (tertiary/aromatic N) is 3. The Labute approximate surface area is 175 Å². The van der Waals surface area contributed by atoms with Crippen molar-refractivity contribution < 1.29 is 18.3 Å². The number of benzene rings is 2. The Hall–Kier alpha value is -2.65. The number of amides is 1. The van der Waals surface area contributed by atoms with Gasteiger partial charge in [0.1, 0.15) is 12.1 Å². The zero-order valence-electron chi connectivity index (χ0n) is 15.1. The Morgan fingerprint density at radius 1 is 1.24 bits per heavy atom. The van der Waals surface area contributed by atoms with Gasteiger partial charge < -0.3 is 10.1 Å². The topological polar surface area (TPSA) is 69.0 Å². The van der Waals surface area contributed by atoms with Crippen LogP contribution in [0.2, 0.25) is 5.02 Å². The molecule has 3 aromatic rings. The van der Waals surface area contributed by atoms with Gasteiger partial charge in [-0.15, -0.1) is 10.2 Å². The van der Waals surface area contributed by atoms with Crippen LogP contribution in [0.1, 0.15) is 5.56 Å². The molecule has 3 rings (SSSR count). The van der Waals surface area contributed by atoms with E-state index in [9.17, 15) is 13.6 Å². The molecule has 10 heteroatoms. The number of para-hydroxylation sites is 1. The minimum Gasteiger partial charge on any atom is -0.435 e. The maximum absolute atomic E-state index is 12.4. The molecule has 0 aliphatic rings. The van der Waals surface area contributed by atoms with Gasteiger partial charge in [-0.2, -0.15) is 8.78 Å². The summed E-state index contributed by atoms with van der Waals surface area (Å²) in [5, 5.41) is 11.8. The average Bonchev–Trinajstić information content (AvgIpc) is 3.16. The zero-order chi connectivity index (χ0) is 20.6. The molecule has 6 nitrogen and oxygen atoms in total. The van der Waals surface area contributed by atoms with Gasteiger partial charge in [0.2, 0.25) is 5.91 Å². The van der Waals surface area contributed by atoms with Crippen molar-refractivity contribution >= 4 is 29.3 Å². The number of hydrogen-bond donors (Lipinski definition) is 1. The highest BCUT2D eigenvalue weighted by atomic mass is 35.5. The molecular weight excluding hydrogens is 422 g/mol. The molecule has 1 aromatic heterocycles. The van der Waals surface area contributed by atoms with E-state index in [0.29, 0.717) is 28.7 Å². The highest BCUT2D eigenvalue weighted by Crippen LogP contribution is 2.22. The van der Waals surface area contributed by atoms with Crippen LogP contribution < -0.4 is 10.1 Å². The monoisotopic (exact) mass is 438 g/mol. The lowest BCUT2D eigenvalue weighted by Crippen LogP contribution is -2.27. The van der Waals surface area contributed by atoms with E-state index in [4.69, 9.17) is 11.6 Å². The molecule has 0 aliphatic heterocycles. The SMILES string of the molecule is O=C(CSc1nncn1-c1cccc(Cl)c1)NCCc1ccccc1OC(F)F. The summed E-state index contributed by atoms with van der Waals surface area (Å²) >= 11 is 7.24. The molecule has 0 spiro atoms. The number of aromatic nitrogens is 3. The van der Waals surface area contributed by atoms with Crippen LogP contribution in [-0.4, -0.2) is 39.6 Å². The number of rotatable bonds is 9. The fraction of sp³-hybridized carbons (Fsp3) is 0.211. The molecule has 1 N–H and O–H groups in total. The maximum atomic E-state index is 12.4. The molecule has 0 saturated carbocycles. The van der Waals surface area contributed by atoms with Gasteiger partial charge in [0.25, 0.3) is 0 Å². The second-order valence-electron chi connectivity index (χ2n) is 5.84. The molecule has 1 amide bonds. The Kier molecular flexibility index (Phi) is 7.42. The van der Waals surface area contributed by atoms with Crippen molar-refractivity contribution in [3.8, 4) is 11.4 Å². The summed E-state index contributed by atoms with van der Waals surface area (Å²) in [7, 11) is 0. The van der Waals surface area contributed by atoms with Crippen molar-refractivity contribution in [2.75, 3.05) is 12.3 Å². The molecule has 2 aromatic carbocycles. The third kappa shape index (κ3) is 6.16. The van der Waals surface area contributed by atoms with Crippen LogP contribution in [0.15, 0.2) is 60.0 Å². The van der Waals surface area contributed by atoms with Crippen molar-refractivity contribution in [3.63, 3.8) is 0 Å². The summed E-state index contributed by atoms with van der Waals surface area (Å²) in [5.74, 6) is 0.0395. The molecule has 0 bridgehead atoms. The van der Waals surface area contributed by atoms with E-state index < -0.39 is 6.61 Å². The average molecular weight is 439 g/mol. The predicted molar refractivity (Wildman–Crippen MR) is 107 cm³/mol. The van der Waals surface area contributed by atoms with Gasteiger partial charge in [-0.25, -0.2) is 0 Å². The van der Waals surface area contributed by atoms with Crippen molar-refractivity contribution in [1.82, 2.24) is 20.1 Å². The lowest BCUT2D eigenvalue weighted by Gasteiger charge is -2.11. The first-order valence-electron chi connectivity index (χ1n) is 8.61. The number of carbonyl (C=O) groups excluding carboxylic acids is 1. The predicted octanol–water partition coefficient (Wildman–Crippen LogP) is 3.97. The minimum atomic E-state index is -2.89. The molecule has 0 saturated heterocycles. The molecule has 0 atom stereocenters. The Morgan fingerprint density at radius 3 is 2.86 bits per heavy atom. The highest BCUT2D eigenvalue weighted by molar-refractivity contribution is 7.99. The summed E-state index contributed by atoms with van der Waals surface area (Å²) in [4.78, 5) is 12.1. The van der Waals surface area contributed by atoms with Crippen molar-refractivity contribution in [1.29, 1.82) is 0 Å². The molecule has 0 aliphatic carbocycles. The minimum absolute atomic E-state index is 0.112. The number of nitrogens with one attached hydrogen (secondary N) is 1. The third-order valence-corrected chi connectivity index (χ3v) is 5.02. The number of alkyl halides is 2. The summed E-state index contributed by atoms with van der Waals surface area (Å²) in [6, 6.07) is 13.7. The first kappa shape index (κ1) is 21.1. The lowest BCUT2D eigenvalue weighted by molar-refractivity contribution is -0.118. The second kappa shape index (κ2) is 10.2. The number of carbonyl (C=O) groups is 1. The summed E-state index contributed by atoms with van der Waals surface area (Å²) in [6.45, 7) is -2.59. The van der Waals surface area contributed by atoms with Gasteiger partial charge in [-0.05, 0) is 36.2 Å². The fourth-order valence-electron chi connectivity index (χ4n) is 2.56. The first-order chi connectivity index (χ1) is 14.0. The normalized spacial score (nSPS) is 10.9. The first-order valence-corrected chi connectivity index (χ1v) is 9.97.